The van der Waals surface area contributed by atoms with Crippen molar-refractivity contribution in [2.75, 3.05) is 40.0 Å². The normalized spacial score (nSPS) is 17.0. The molecule has 2 N–H and O–H groups in total. The fourth-order valence-electron chi connectivity index (χ4n) is 5.98. The molecule has 2 aromatic carbocycles. The zero-order valence-electron chi connectivity index (χ0n) is 25.6. The Balaban J connectivity index is 1.51. The van der Waals surface area contributed by atoms with E-state index in [9.17, 15) is 23.6 Å². The van der Waals surface area contributed by atoms with Crippen molar-refractivity contribution in [2.24, 2.45) is 0 Å². The van der Waals surface area contributed by atoms with Crippen molar-refractivity contribution < 1.29 is 33.0 Å². The summed E-state index contributed by atoms with van der Waals surface area (Å²) in [5.74, 6) is -1.86. The van der Waals surface area contributed by atoms with E-state index in [1.165, 1.54) is 24.1 Å². The molecule has 1 heterocycles. The van der Waals surface area contributed by atoms with E-state index in [0.717, 1.165) is 17.5 Å². The summed E-state index contributed by atoms with van der Waals surface area (Å²) >= 11 is 0. The molecular weight excluding hydrogens is 567 g/mol. The molecular formula is C33H43FN4O6. The maximum Gasteiger partial charge on any atom is 0.410 e. The van der Waals surface area contributed by atoms with Crippen LogP contribution < -0.4 is 10.6 Å². The second-order valence-corrected chi connectivity index (χ2v) is 11.5. The summed E-state index contributed by atoms with van der Waals surface area (Å²) in [6.07, 6.45) is 2.99. The van der Waals surface area contributed by atoms with Crippen LogP contribution in [0.5, 0.6) is 0 Å². The van der Waals surface area contributed by atoms with Gasteiger partial charge in [-0.2, -0.15) is 0 Å². The van der Waals surface area contributed by atoms with Crippen molar-refractivity contribution >= 4 is 23.8 Å². The van der Waals surface area contributed by atoms with Gasteiger partial charge in [-0.25, -0.2) is 14.0 Å². The summed E-state index contributed by atoms with van der Waals surface area (Å²) in [5, 5.41) is 5.71. The lowest BCUT2D eigenvalue weighted by molar-refractivity contribution is -0.143. The molecule has 0 radical (unpaired) electrons. The number of ketones is 1. The summed E-state index contributed by atoms with van der Waals surface area (Å²) < 4.78 is 24.2. The minimum atomic E-state index is -1.08. The number of hydrogen-bond acceptors (Lipinski definition) is 6. The van der Waals surface area contributed by atoms with Gasteiger partial charge in [0.1, 0.15) is 11.9 Å². The monoisotopic (exact) mass is 610 g/mol. The van der Waals surface area contributed by atoms with Gasteiger partial charge in [0.2, 0.25) is 5.78 Å². The van der Waals surface area contributed by atoms with Gasteiger partial charge in [-0.1, -0.05) is 42.5 Å². The minimum Gasteiger partial charge on any atom is -0.453 e. The molecule has 44 heavy (non-hydrogen) atoms. The molecule has 4 rings (SSSR count). The van der Waals surface area contributed by atoms with Crippen LogP contribution in [0.4, 0.5) is 14.0 Å². The molecule has 2 fully saturated rings. The van der Waals surface area contributed by atoms with Gasteiger partial charge in [0.25, 0.3) is 5.91 Å². The summed E-state index contributed by atoms with van der Waals surface area (Å²) in [6, 6.07) is 13.7. The lowest BCUT2D eigenvalue weighted by Gasteiger charge is -2.52. The molecule has 238 valence electrons. The molecule has 0 aromatic heterocycles. The zero-order valence-corrected chi connectivity index (χ0v) is 25.6. The van der Waals surface area contributed by atoms with Crippen molar-refractivity contribution in [3.05, 3.63) is 71.5 Å². The van der Waals surface area contributed by atoms with Crippen LogP contribution in [0, 0.1) is 5.82 Å². The number of carbonyl (C=O) groups is 4. The quantitative estimate of drug-likeness (QED) is 0.257. The number of nitrogens with one attached hydrogen (secondary N) is 2. The van der Waals surface area contributed by atoms with Gasteiger partial charge in [-0.05, 0) is 75.1 Å². The van der Waals surface area contributed by atoms with E-state index < -0.39 is 35.4 Å². The Labute approximate surface area is 258 Å². The van der Waals surface area contributed by atoms with Crippen LogP contribution in [0.1, 0.15) is 62.6 Å². The van der Waals surface area contributed by atoms with E-state index >= 15 is 0 Å². The molecule has 0 unspecified atom stereocenters. The highest BCUT2D eigenvalue weighted by molar-refractivity contribution is 6.38. The van der Waals surface area contributed by atoms with E-state index in [2.05, 4.69) is 10.6 Å². The highest BCUT2D eigenvalue weighted by atomic mass is 19.1. The minimum absolute atomic E-state index is 0.167. The molecule has 1 saturated heterocycles. The molecule has 11 heteroatoms. The number of carbonyl (C=O) groups excluding carboxylic acids is 4. The average Bonchev–Trinajstić information content (AvgIpc) is 3.03. The molecule has 1 aliphatic heterocycles. The van der Waals surface area contributed by atoms with Gasteiger partial charge in [0.05, 0.1) is 31.9 Å². The lowest BCUT2D eigenvalue weighted by Crippen LogP contribution is -2.64. The van der Waals surface area contributed by atoms with E-state index in [0.29, 0.717) is 65.0 Å². The first-order valence-electron chi connectivity index (χ1n) is 15.4. The van der Waals surface area contributed by atoms with Gasteiger partial charge in [0, 0.05) is 19.6 Å². The Morgan fingerprint density at radius 1 is 1.02 bits per heavy atom. The fraction of sp³-hybridized carbons (Fsp3) is 0.515. The van der Waals surface area contributed by atoms with E-state index in [-0.39, 0.29) is 18.3 Å². The predicted molar refractivity (Wildman–Crippen MR) is 162 cm³/mol. The predicted octanol–water partition coefficient (Wildman–Crippen LogP) is 4.39. The number of halogens is 1. The number of nitrogens with zero attached hydrogens (tertiary/aromatic N) is 2. The number of amides is 4. The van der Waals surface area contributed by atoms with Gasteiger partial charge in [0.15, 0.2) is 0 Å². The smallest absolute Gasteiger partial charge is 0.410 e. The molecule has 0 spiro atoms. The molecule has 2 aliphatic rings. The second kappa shape index (κ2) is 15.7. The fourth-order valence-corrected chi connectivity index (χ4v) is 5.98. The Hall–Kier alpha value is -3.99. The standard InChI is InChI=1S/C33H43FN4O6/c1-24(26-9-4-3-5-10-26)36-30(40)29(39)28(11-6-7-18-35-31(41)37-19-21-44-22-20-37)38(32(42)43-2)33(16-8-17-33)23-25-12-14-27(34)15-13-25/h3-5,9-10,12-15,24,28H,6-8,11,16-23H2,1-2H3,(H,35,41)(H,36,40)/t24-,28+/m1/s1. The second-order valence-electron chi connectivity index (χ2n) is 11.5. The molecule has 2 aromatic rings. The van der Waals surface area contributed by atoms with Crippen molar-refractivity contribution in [1.82, 2.24) is 20.4 Å². The van der Waals surface area contributed by atoms with Crippen molar-refractivity contribution in [3.8, 4) is 0 Å². The average molecular weight is 611 g/mol. The largest absolute Gasteiger partial charge is 0.453 e. The summed E-state index contributed by atoms with van der Waals surface area (Å²) in [7, 11) is 1.26. The number of Topliss-reactive ketones (excluding diaryl/α,β-unsaturated/α-hetero) is 1. The van der Waals surface area contributed by atoms with E-state index in [4.69, 9.17) is 9.47 Å². The van der Waals surface area contributed by atoms with Gasteiger partial charge in [-0.3, -0.25) is 14.5 Å². The molecule has 2 atom stereocenters. The highest BCUT2D eigenvalue weighted by Crippen LogP contribution is 2.43. The Morgan fingerprint density at radius 2 is 1.70 bits per heavy atom. The first-order valence-corrected chi connectivity index (χ1v) is 15.4. The number of ether oxygens (including phenoxy) is 2. The highest BCUT2D eigenvalue weighted by Gasteiger charge is 2.50. The third-order valence-electron chi connectivity index (χ3n) is 8.58. The van der Waals surface area contributed by atoms with Crippen LogP contribution in [-0.4, -0.2) is 85.2 Å². The van der Waals surface area contributed by atoms with Crippen LogP contribution >= 0.6 is 0 Å². The number of urea groups is 1. The van der Waals surface area contributed by atoms with Crippen molar-refractivity contribution in [3.63, 3.8) is 0 Å². The van der Waals surface area contributed by atoms with E-state index in [1.807, 2.05) is 30.3 Å². The van der Waals surface area contributed by atoms with Crippen LogP contribution in [0.3, 0.4) is 0 Å². The van der Waals surface area contributed by atoms with Gasteiger partial charge in [-0.15, -0.1) is 0 Å². The molecule has 10 nitrogen and oxygen atoms in total. The first-order chi connectivity index (χ1) is 21.2. The Bertz CT molecular complexity index is 1260. The molecule has 1 saturated carbocycles. The zero-order chi connectivity index (χ0) is 31.5. The number of rotatable bonds is 13. The third-order valence-corrected chi connectivity index (χ3v) is 8.58. The van der Waals surface area contributed by atoms with Crippen LogP contribution in [0.2, 0.25) is 0 Å². The van der Waals surface area contributed by atoms with Gasteiger partial charge < -0.3 is 25.0 Å². The van der Waals surface area contributed by atoms with Crippen LogP contribution in [0.15, 0.2) is 54.6 Å². The van der Waals surface area contributed by atoms with Crippen LogP contribution in [0.25, 0.3) is 0 Å². The molecule has 1 aliphatic carbocycles. The number of unbranched alkanes of at least 4 members (excludes halogenated alkanes) is 1. The Kier molecular flexibility index (Phi) is 11.7. The maximum absolute atomic E-state index is 13.9. The van der Waals surface area contributed by atoms with Crippen molar-refractivity contribution in [1.29, 1.82) is 0 Å². The van der Waals surface area contributed by atoms with Crippen molar-refractivity contribution in [2.45, 2.75) is 69.5 Å². The number of hydrogen-bond donors (Lipinski definition) is 2. The molecule has 4 amide bonds. The Morgan fingerprint density at radius 3 is 2.32 bits per heavy atom. The first kappa shape index (κ1) is 32.9. The summed E-state index contributed by atoms with van der Waals surface area (Å²) in [5.41, 5.74) is 0.901. The third kappa shape index (κ3) is 8.34. The topological polar surface area (TPSA) is 117 Å². The SMILES string of the molecule is COC(=O)N([C@@H](CCCCNC(=O)N1CCOCC1)C(=O)C(=O)N[C@H](C)c1ccccc1)C1(Cc2ccc(F)cc2)CCC1. The number of methoxy groups -OCH3 is 1. The summed E-state index contributed by atoms with van der Waals surface area (Å²) in [4.78, 5) is 56.4. The molecule has 0 bridgehead atoms. The number of morpholine rings is 1. The van der Waals surface area contributed by atoms with Crippen LogP contribution in [-0.2, 0) is 25.5 Å². The maximum atomic E-state index is 13.9. The van der Waals surface area contributed by atoms with E-state index in [1.54, 1.807) is 24.0 Å². The van der Waals surface area contributed by atoms with Gasteiger partial charge >= 0.3 is 12.1 Å². The summed E-state index contributed by atoms with van der Waals surface area (Å²) in [6.45, 7) is 4.25. The number of benzene rings is 2. The lowest BCUT2D eigenvalue weighted by atomic mass is 9.70.